The molecular formula is C20H26N2O2. The van der Waals surface area contributed by atoms with E-state index in [0.29, 0.717) is 12.4 Å². The highest BCUT2D eigenvalue weighted by molar-refractivity contribution is 6.11. The zero-order valence-electron chi connectivity index (χ0n) is 14.5. The van der Waals surface area contributed by atoms with Gasteiger partial charge in [0.05, 0.1) is 12.2 Å². The molecule has 2 aromatic rings. The summed E-state index contributed by atoms with van der Waals surface area (Å²) in [5, 5.41) is 5.42. The highest BCUT2D eigenvalue weighted by atomic mass is 16.5. The first kappa shape index (κ1) is 16.9. The van der Waals surface area contributed by atoms with Gasteiger partial charge in [0, 0.05) is 38.6 Å². The zero-order valence-corrected chi connectivity index (χ0v) is 14.5. The van der Waals surface area contributed by atoms with Gasteiger partial charge in [0.2, 0.25) is 0 Å². The summed E-state index contributed by atoms with van der Waals surface area (Å²) in [7, 11) is 0. The molecular weight excluding hydrogens is 300 g/mol. The summed E-state index contributed by atoms with van der Waals surface area (Å²) >= 11 is 0. The minimum Gasteiger partial charge on any atom is -0.493 e. The fraction of sp³-hybridized carbons (Fsp3) is 0.450. The van der Waals surface area contributed by atoms with Crippen molar-refractivity contribution in [2.24, 2.45) is 5.92 Å². The quantitative estimate of drug-likeness (QED) is 0.829. The number of hydrogen-bond donors (Lipinski definition) is 1. The molecule has 1 aliphatic rings. The largest absolute Gasteiger partial charge is 0.493 e. The molecule has 0 spiro atoms. The van der Waals surface area contributed by atoms with Gasteiger partial charge >= 0.3 is 0 Å². The van der Waals surface area contributed by atoms with Crippen LogP contribution < -0.4 is 10.1 Å². The molecule has 4 nitrogen and oxygen atoms in total. The molecule has 0 saturated carbocycles. The predicted octanol–water partition coefficient (Wildman–Crippen LogP) is 2.96. The molecule has 1 unspecified atom stereocenters. The monoisotopic (exact) mass is 326 g/mol. The number of ketones is 1. The van der Waals surface area contributed by atoms with Crippen LogP contribution in [0.25, 0.3) is 10.8 Å². The minimum absolute atomic E-state index is 0.0480. The van der Waals surface area contributed by atoms with Gasteiger partial charge in [0.15, 0.2) is 5.78 Å². The smallest absolute Gasteiger partial charge is 0.171 e. The molecule has 1 heterocycles. The Bertz CT molecular complexity index is 708. The number of carbonyl (C=O) groups excluding carboxylic acids is 1. The fourth-order valence-corrected chi connectivity index (χ4v) is 3.39. The molecule has 0 bridgehead atoms. The lowest BCUT2D eigenvalue weighted by atomic mass is 9.93. The van der Waals surface area contributed by atoms with E-state index in [9.17, 15) is 4.79 Å². The average Bonchev–Trinajstić information content (AvgIpc) is 2.62. The van der Waals surface area contributed by atoms with Gasteiger partial charge in [0.25, 0.3) is 0 Å². The van der Waals surface area contributed by atoms with Crippen LogP contribution in [-0.2, 0) is 0 Å². The number of carbonyl (C=O) groups is 1. The molecule has 0 aliphatic carbocycles. The summed E-state index contributed by atoms with van der Waals surface area (Å²) in [5.41, 5.74) is 0.734. The van der Waals surface area contributed by atoms with Gasteiger partial charge < -0.3 is 15.0 Å². The zero-order chi connectivity index (χ0) is 16.9. The predicted molar refractivity (Wildman–Crippen MR) is 97.9 cm³/mol. The Morgan fingerprint density at radius 1 is 1.21 bits per heavy atom. The fourth-order valence-electron chi connectivity index (χ4n) is 3.39. The van der Waals surface area contributed by atoms with Crippen molar-refractivity contribution in [3.05, 3.63) is 42.0 Å². The van der Waals surface area contributed by atoms with E-state index in [4.69, 9.17) is 4.74 Å². The number of benzene rings is 2. The summed E-state index contributed by atoms with van der Waals surface area (Å²) < 4.78 is 5.76. The molecule has 4 heteroatoms. The van der Waals surface area contributed by atoms with Crippen LogP contribution in [0.5, 0.6) is 5.75 Å². The number of rotatable bonds is 6. The third kappa shape index (κ3) is 3.60. The molecule has 0 aromatic heterocycles. The van der Waals surface area contributed by atoms with Crippen LogP contribution in [0.3, 0.4) is 0 Å². The molecule has 128 valence electrons. The third-order valence-corrected chi connectivity index (χ3v) is 4.63. The number of piperazine rings is 1. The Balaban J connectivity index is 1.90. The van der Waals surface area contributed by atoms with Crippen molar-refractivity contribution in [3.63, 3.8) is 0 Å². The van der Waals surface area contributed by atoms with E-state index < -0.39 is 0 Å². The van der Waals surface area contributed by atoms with Gasteiger partial charge in [-0.05, 0) is 23.8 Å². The minimum atomic E-state index is -0.0480. The lowest BCUT2D eigenvalue weighted by Crippen LogP contribution is -2.45. The number of nitrogens with one attached hydrogen (secondary N) is 1. The average molecular weight is 326 g/mol. The number of nitrogens with zero attached hydrogens (tertiary/aromatic N) is 1. The first-order valence-electron chi connectivity index (χ1n) is 8.82. The van der Waals surface area contributed by atoms with E-state index in [2.05, 4.69) is 10.2 Å². The second-order valence-corrected chi connectivity index (χ2v) is 6.41. The lowest BCUT2D eigenvalue weighted by Gasteiger charge is -2.29. The highest BCUT2D eigenvalue weighted by Gasteiger charge is 2.24. The molecule has 1 atom stereocenters. The molecule has 1 N–H and O–H groups in total. The summed E-state index contributed by atoms with van der Waals surface area (Å²) in [6.45, 7) is 9.35. The molecule has 1 fully saturated rings. The standard InChI is InChI=1S/C20H26N2O2/c1-3-24-18-9-8-16-6-4-5-7-17(16)19(18)20(23)15(2)14-22-12-10-21-11-13-22/h4-9,15,21H,3,10-14H2,1-2H3. The molecule has 2 aromatic carbocycles. The summed E-state index contributed by atoms with van der Waals surface area (Å²) in [4.78, 5) is 15.6. The van der Waals surface area contributed by atoms with E-state index in [1.807, 2.05) is 50.2 Å². The molecule has 1 aliphatic heterocycles. The highest BCUT2D eigenvalue weighted by Crippen LogP contribution is 2.30. The maximum atomic E-state index is 13.2. The summed E-state index contributed by atoms with van der Waals surface area (Å²) in [6.07, 6.45) is 0. The Morgan fingerprint density at radius 3 is 2.71 bits per heavy atom. The van der Waals surface area contributed by atoms with E-state index >= 15 is 0 Å². The van der Waals surface area contributed by atoms with E-state index in [0.717, 1.165) is 49.1 Å². The van der Waals surface area contributed by atoms with Crippen molar-refractivity contribution in [1.29, 1.82) is 0 Å². The van der Waals surface area contributed by atoms with Gasteiger partial charge in [-0.1, -0.05) is 37.3 Å². The lowest BCUT2D eigenvalue weighted by molar-refractivity contribution is 0.0885. The van der Waals surface area contributed by atoms with Crippen molar-refractivity contribution >= 4 is 16.6 Å². The number of hydrogen-bond acceptors (Lipinski definition) is 4. The van der Waals surface area contributed by atoms with Gasteiger partial charge in [-0.15, -0.1) is 0 Å². The van der Waals surface area contributed by atoms with Crippen molar-refractivity contribution in [2.45, 2.75) is 13.8 Å². The van der Waals surface area contributed by atoms with Crippen LogP contribution >= 0.6 is 0 Å². The van der Waals surface area contributed by atoms with Crippen LogP contribution in [0.2, 0.25) is 0 Å². The molecule has 3 rings (SSSR count). The number of ether oxygens (including phenoxy) is 1. The first-order chi connectivity index (χ1) is 11.7. The molecule has 24 heavy (non-hydrogen) atoms. The Kier molecular flexibility index (Phi) is 5.48. The van der Waals surface area contributed by atoms with Crippen LogP contribution in [0.1, 0.15) is 24.2 Å². The Labute approximate surface area is 143 Å². The normalized spacial score (nSPS) is 16.9. The Hall–Kier alpha value is -1.91. The molecule has 0 amide bonds. The second kappa shape index (κ2) is 7.77. The number of fused-ring (bicyclic) bond motifs is 1. The van der Waals surface area contributed by atoms with Crippen LogP contribution in [0.4, 0.5) is 0 Å². The van der Waals surface area contributed by atoms with E-state index in [1.54, 1.807) is 0 Å². The van der Waals surface area contributed by atoms with Gasteiger partial charge in [0.1, 0.15) is 5.75 Å². The summed E-state index contributed by atoms with van der Waals surface area (Å²) in [5.74, 6) is 0.829. The van der Waals surface area contributed by atoms with Crippen LogP contribution in [0.15, 0.2) is 36.4 Å². The van der Waals surface area contributed by atoms with Gasteiger partial charge in [-0.25, -0.2) is 0 Å². The van der Waals surface area contributed by atoms with Gasteiger partial charge in [-0.2, -0.15) is 0 Å². The first-order valence-corrected chi connectivity index (χ1v) is 8.82. The Morgan fingerprint density at radius 2 is 1.96 bits per heavy atom. The van der Waals surface area contributed by atoms with Crippen LogP contribution in [0, 0.1) is 5.92 Å². The number of Topliss-reactive ketones (excluding diaryl/α,β-unsaturated/α-hetero) is 1. The molecule has 0 radical (unpaired) electrons. The maximum absolute atomic E-state index is 13.2. The summed E-state index contributed by atoms with van der Waals surface area (Å²) in [6, 6.07) is 12.0. The second-order valence-electron chi connectivity index (χ2n) is 6.41. The van der Waals surface area contributed by atoms with Crippen LogP contribution in [-0.4, -0.2) is 50.0 Å². The van der Waals surface area contributed by atoms with Crippen molar-refractivity contribution in [2.75, 3.05) is 39.3 Å². The van der Waals surface area contributed by atoms with Crippen molar-refractivity contribution in [1.82, 2.24) is 10.2 Å². The van der Waals surface area contributed by atoms with Gasteiger partial charge in [-0.3, -0.25) is 4.79 Å². The third-order valence-electron chi connectivity index (χ3n) is 4.63. The maximum Gasteiger partial charge on any atom is 0.171 e. The van der Waals surface area contributed by atoms with Crippen molar-refractivity contribution in [3.8, 4) is 5.75 Å². The topological polar surface area (TPSA) is 41.6 Å². The molecule has 1 saturated heterocycles. The van der Waals surface area contributed by atoms with E-state index in [-0.39, 0.29) is 11.7 Å². The SMILES string of the molecule is CCOc1ccc2ccccc2c1C(=O)C(C)CN1CCNCC1. The van der Waals surface area contributed by atoms with Crippen molar-refractivity contribution < 1.29 is 9.53 Å². The van der Waals surface area contributed by atoms with E-state index in [1.165, 1.54) is 0 Å².